The molecule has 134 valence electrons. The number of benzene rings is 1. The highest BCUT2D eigenvalue weighted by atomic mass is 32.2. The summed E-state index contributed by atoms with van der Waals surface area (Å²) < 4.78 is 38.2. The summed E-state index contributed by atoms with van der Waals surface area (Å²) in [6.07, 6.45) is 0.181. The van der Waals surface area contributed by atoms with Crippen molar-refractivity contribution < 1.29 is 27.4 Å². The Morgan fingerprint density at radius 3 is 2.21 bits per heavy atom. The smallest absolute Gasteiger partial charge is 0.223 e. The van der Waals surface area contributed by atoms with Crippen molar-refractivity contribution >= 4 is 15.9 Å². The van der Waals surface area contributed by atoms with Crippen molar-refractivity contribution in [2.24, 2.45) is 11.1 Å². The maximum atomic E-state index is 12.1. The third kappa shape index (κ3) is 4.30. The molecule has 1 amide bonds. The molecule has 0 aromatic heterocycles. The zero-order valence-corrected chi connectivity index (χ0v) is 14.8. The average molecular weight is 358 g/mol. The van der Waals surface area contributed by atoms with Crippen LogP contribution in [0.5, 0.6) is 17.2 Å². The van der Waals surface area contributed by atoms with Crippen molar-refractivity contribution in [1.29, 1.82) is 0 Å². The lowest BCUT2D eigenvalue weighted by Gasteiger charge is -2.19. The zero-order valence-electron chi connectivity index (χ0n) is 13.9. The van der Waals surface area contributed by atoms with Crippen molar-refractivity contribution in [2.75, 3.05) is 33.6 Å². The Kier molecular flexibility index (Phi) is 5.55. The van der Waals surface area contributed by atoms with Crippen molar-refractivity contribution in [3.63, 3.8) is 0 Å². The summed E-state index contributed by atoms with van der Waals surface area (Å²) in [5, 5.41) is 5.06. The largest absolute Gasteiger partial charge is 0.493 e. The van der Waals surface area contributed by atoms with Gasteiger partial charge in [0.05, 0.1) is 27.1 Å². The maximum absolute atomic E-state index is 12.1. The number of methoxy groups -OCH3 is 3. The van der Waals surface area contributed by atoms with Crippen LogP contribution in [0.25, 0.3) is 0 Å². The fourth-order valence-corrected chi connectivity index (χ4v) is 3.77. The zero-order chi connectivity index (χ0) is 17.9. The number of nitrogens with zero attached hydrogens (tertiary/aromatic N) is 1. The molecule has 1 aromatic carbocycles. The number of sulfonamides is 1. The first-order valence-corrected chi connectivity index (χ1v) is 9.06. The number of primary sulfonamides is 1. The minimum absolute atomic E-state index is 0.0996. The maximum Gasteiger partial charge on any atom is 0.223 e. The predicted molar refractivity (Wildman–Crippen MR) is 87.6 cm³/mol. The molecule has 9 heteroatoms. The Morgan fingerprint density at radius 1 is 1.17 bits per heavy atom. The summed E-state index contributed by atoms with van der Waals surface area (Å²) >= 11 is 0. The number of carbonyl (C=O) groups is 1. The third-order valence-corrected chi connectivity index (χ3v) is 4.80. The molecular formula is C15H22N2O6S. The van der Waals surface area contributed by atoms with E-state index in [4.69, 9.17) is 19.3 Å². The minimum Gasteiger partial charge on any atom is -0.493 e. The van der Waals surface area contributed by atoms with E-state index in [1.54, 1.807) is 17.0 Å². The first-order valence-electron chi connectivity index (χ1n) is 7.34. The van der Waals surface area contributed by atoms with E-state index in [-0.39, 0.29) is 24.0 Å². The minimum atomic E-state index is -3.59. The molecule has 2 rings (SSSR count). The number of amides is 1. The van der Waals surface area contributed by atoms with Crippen LogP contribution in [0.1, 0.15) is 12.0 Å². The number of likely N-dealkylation sites (tertiary alicyclic amines) is 1. The SMILES string of the molecule is COc1cc(CN2CC(CS(N)(=O)=O)CC2=O)cc(OC)c1OC. The van der Waals surface area contributed by atoms with Crippen LogP contribution >= 0.6 is 0 Å². The average Bonchev–Trinajstić information content (AvgIpc) is 2.83. The summed E-state index contributed by atoms with van der Waals surface area (Å²) in [6.45, 7) is 0.683. The van der Waals surface area contributed by atoms with Gasteiger partial charge in [-0.25, -0.2) is 13.6 Å². The summed E-state index contributed by atoms with van der Waals surface area (Å²) in [5.74, 6) is 0.902. The van der Waals surface area contributed by atoms with E-state index in [0.717, 1.165) is 5.56 Å². The van der Waals surface area contributed by atoms with Gasteiger partial charge in [-0.05, 0) is 17.7 Å². The molecule has 1 fully saturated rings. The Morgan fingerprint density at radius 2 is 1.75 bits per heavy atom. The Bertz CT molecular complexity index is 694. The van der Waals surface area contributed by atoms with Crippen LogP contribution in [-0.4, -0.2) is 52.9 Å². The molecule has 0 radical (unpaired) electrons. The highest BCUT2D eigenvalue weighted by molar-refractivity contribution is 7.89. The lowest BCUT2D eigenvalue weighted by Crippen LogP contribution is -2.27. The van der Waals surface area contributed by atoms with Crippen molar-refractivity contribution in [2.45, 2.75) is 13.0 Å². The molecule has 1 unspecified atom stereocenters. The van der Waals surface area contributed by atoms with Crippen LogP contribution < -0.4 is 19.3 Å². The number of hydrogen-bond acceptors (Lipinski definition) is 6. The van der Waals surface area contributed by atoms with Crippen molar-refractivity contribution in [1.82, 2.24) is 4.90 Å². The predicted octanol–water partition coefficient (Wildman–Crippen LogP) is 0.349. The lowest BCUT2D eigenvalue weighted by atomic mass is 10.1. The Balaban J connectivity index is 2.17. The molecule has 1 aliphatic rings. The molecule has 2 N–H and O–H groups in total. The topological polar surface area (TPSA) is 108 Å². The quantitative estimate of drug-likeness (QED) is 0.753. The highest BCUT2D eigenvalue weighted by Crippen LogP contribution is 2.38. The van der Waals surface area contributed by atoms with Crippen molar-refractivity contribution in [3.8, 4) is 17.2 Å². The van der Waals surface area contributed by atoms with E-state index in [9.17, 15) is 13.2 Å². The first kappa shape index (κ1) is 18.3. The van der Waals surface area contributed by atoms with Gasteiger partial charge in [0.2, 0.25) is 21.7 Å². The molecule has 0 saturated carbocycles. The molecule has 0 aliphatic carbocycles. The van der Waals surface area contributed by atoms with Gasteiger partial charge in [-0.1, -0.05) is 0 Å². The number of hydrogen-bond donors (Lipinski definition) is 1. The third-order valence-electron chi connectivity index (χ3n) is 3.86. The summed E-state index contributed by atoms with van der Waals surface area (Å²) in [4.78, 5) is 13.7. The van der Waals surface area contributed by atoms with Gasteiger partial charge in [-0.2, -0.15) is 0 Å². The van der Waals surface area contributed by atoms with Gasteiger partial charge < -0.3 is 19.1 Å². The van der Waals surface area contributed by atoms with E-state index >= 15 is 0 Å². The molecule has 1 heterocycles. The van der Waals surface area contributed by atoms with E-state index in [2.05, 4.69) is 0 Å². The second-order valence-corrected chi connectivity index (χ2v) is 7.37. The van der Waals surface area contributed by atoms with Gasteiger partial charge in [-0.15, -0.1) is 0 Å². The first-order chi connectivity index (χ1) is 11.3. The number of nitrogens with two attached hydrogens (primary N) is 1. The molecule has 24 heavy (non-hydrogen) atoms. The monoisotopic (exact) mass is 358 g/mol. The van der Waals surface area contributed by atoms with Gasteiger partial charge in [-0.3, -0.25) is 4.79 Å². The van der Waals surface area contributed by atoms with Gasteiger partial charge >= 0.3 is 0 Å². The molecule has 0 spiro atoms. The Labute approximate surface area is 141 Å². The molecule has 0 bridgehead atoms. The highest BCUT2D eigenvalue weighted by Gasteiger charge is 2.32. The van der Waals surface area contributed by atoms with Crippen molar-refractivity contribution in [3.05, 3.63) is 17.7 Å². The second-order valence-electron chi connectivity index (χ2n) is 5.71. The molecule has 1 atom stereocenters. The summed E-state index contributed by atoms with van der Waals surface area (Å²) in [5.41, 5.74) is 0.800. The lowest BCUT2D eigenvalue weighted by molar-refractivity contribution is -0.128. The fourth-order valence-electron chi connectivity index (χ4n) is 2.89. The second kappa shape index (κ2) is 7.27. The molecular weight excluding hydrogens is 336 g/mol. The van der Waals surface area contributed by atoms with Crippen LogP contribution in [0.2, 0.25) is 0 Å². The number of rotatable bonds is 7. The van der Waals surface area contributed by atoms with Crippen LogP contribution in [0, 0.1) is 5.92 Å². The van der Waals surface area contributed by atoms with Crippen LogP contribution in [0.4, 0.5) is 0 Å². The number of ether oxygens (including phenoxy) is 3. The summed E-state index contributed by atoms with van der Waals surface area (Å²) in [7, 11) is 0.959. The van der Waals surface area contributed by atoms with E-state index < -0.39 is 10.0 Å². The van der Waals surface area contributed by atoms with Gasteiger partial charge in [0.15, 0.2) is 11.5 Å². The van der Waals surface area contributed by atoms with Crippen LogP contribution in [-0.2, 0) is 21.4 Å². The number of carbonyl (C=O) groups excluding carboxylic acids is 1. The van der Waals surface area contributed by atoms with E-state index in [0.29, 0.717) is 30.3 Å². The Hall–Kier alpha value is -2.00. The van der Waals surface area contributed by atoms with Gasteiger partial charge in [0.25, 0.3) is 0 Å². The molecule has 1 aliphatic heterocycles. The molecule has 8 nitrogen and oxygen atoms in total. The molecule has 1 saturated heterocycles. The van der Waals surface area contributed by atoms with Crippen LogP contribution in [0.15, 0.2) is 12.1 Å². The van der Waals surface area contributed by atoms with E-state index in [1.165, 1.54) is 21.3 Å². The molecule has 1 aromatic rings. The standard InChI is InChI=1S/C15H22N2O6S/c1-21-12-4-10(5-13(22-2)15(12)23-3)7-17-8-11(6-14(17)18)9-24(16,19)20/h4-5,11H,6-9H2,1-3H3,(H2,16,19,20). The van der Waals surface area contributed by atoms with Gasteiger partial charge in [0.1, 0.15) is 0 Å². The summed E-state index contributed by atoms with van der Waals surface area (Å²) in [6, 6.07) is 3.53. The van der Waals surface area contributed by atoms with E-state index in [1.807, 2.05) is 0 Å². The van der Waals surface area contributed by atoms with Gasteiger partial charge in [0, 0.05) is 25.4 Å². The fraction of sp³-hybridized carbons (Fsp3) is 0.533. The normalized spacial score (nSPS) is 17.9. The van der Waals surface area contributed by atoms with Crippen LogP contribution in [0.3, 0.4) is 0 Å².